The lowest BCUT2D eigenvalue weighted by Gasteiger charge is -2.27. The Morgan fingerprint density at radius 3 is 2.37 bits per heavy atom. The zero-order chi connectivity index (χ0) is 14.4. The number of nitrogens with one attached hydrogen (secondary N) is 1. The minimum atomic E-state index is 0.0126. The molecule has 1 saturated heterocycles. The van der Waals surface area contributed by atoms with E-state index in [4.69, 9.17) is 0 Å². The topological polar surface area (TPSA) is 32.3 Å². The number of hydrogen-bond acceptors (Lipinski definition) is 3. The molecule has 2 atom stereocenters. The van der Waals surface area contributed by atoms with Gasteiger partial charge in [0.15, 0.2) is 0 Å². The number of rotatable bonds is 8. The number of unbranched alkanes of at least 4 members (excludes halogenated alkanes) is 2. The van der Waals surface area contributed by atoms with Gasteiger partial charge in [0.1, 0.15) is 0 Å². The molecule has 0 saturated carbocycles. The summed E-state index contributed by atoms with van der Waals surface area (Å²) in [7, 11) is 0. The first-order valence-corrected chi connectivity index (χ1v) is 8.94. The van der Waals surface area contributed by atoms with Crippen molar-refractivity contribution >= 4 is 17.7 Å². The molecule has 1 rings (SSSR count). The number of nitrogens with zero attached hydrogens (tertiary/aromatic N) is 1. The molecule has 2 unspecified atom stereocenters. The van der Waals surface area contributed by atoms with Crippen LogP contribution in [-0.2, 0) is 4.79 Å². The molecule has 0 spiro atoms. The number of thioether (sulfide) groups is 1. The fraction of sp³-hybridized carbons (Fsp3) is 0.933. The summed E-state index contributed by atoms with van der Waals surface area (Å²) >= 11 is 1.90. The first-order valence-electron chi connectivity index (χ1n) is 7.54. The Balaban J connectivity index is 2.50. The van der Waals surface area contributed by atoms with Crippen molar-refractivity contribution in [1.82, 2.24) is 10.2 Å². The predicted molar refractivity (Wildman–Crippen MR) is 84.3 cm³/mol. The number of carbonyl (C=O) groups is 1. The normalized spacial score (nSPS) is 23.9. The third kappa shape index (κ3) is 4.67. The number of carbonyl (C=O) groups excluding carboxylic acids is 1. The van der Waals surface area contributed by atoms with Crippen molar-refractivity contribution in [2.75, 3.05) is 18.6 Å². The first kappa shape index (κ1) is 16.8. The summed E-state index contributed by atoms with van der Waals surface area (Å²) in [6.07, 6.45) is 5.98. The summed E-state index contributed by atoms with van der Waals surface area (Å²) in [4.78, 5) is 14.5. The summed E-state index contributed by atoms with van der Waals surface area (Å²) in [5.41, 5.74) is 0. The molecule has 1 aliphatic heterocycles. The molecule has 1 amide bonds. The second kappa shape index (κ2) is 8.15. The van der Waals surface area contributed by atoms with Crippen molar-refractivity contribution in [3.8, 4) is 0 Å². The van der Waals surface area contributed by atoms with Crippen LogP contribution < -0.4 is 5.32 Å². The minimum Gasteiger partial charge on any atom is -0.326 e. The Labute approximate surface area is 122 Å². The van der Waals surface area contributed by atoms with Crippen LogP contribution in [0.5, 0.6) is 0 Å². The second-order valence-corrected chi connectivity index (χ2v) is 7.15. The van der Waals surface area contributed by atoms with Gasteiger partial charge in [0, 0.05) is 6.54 Å². The minimum absolute atomic E-state index is 0.0126. The zero-order valence-corrected chi connectivity index (χ0v) is 13.9. The molecule has 0 aromatic carbocycles. The summed E-state index contributed by atoms with van der Waals surface area (Å²) in [6.45, 7) is 9.53. The van der Waals surface area contributed by atoms with E-state index in [1.807, 2.05) is 11.8 Å². The van der Waals surface area contributed by atoms with Crippen molar-refractivity contribution in [2.45, 2.75) is 59.2 Å². The van der Waals surface area contributed by atoms with Gasteiger partial charge in [-0.2, -0.15) is 11.8 Å². The largest absolute Gasteiger partial charge is 0.326 e. The first-order chi connectivity index (χ1) is 8.99. The van der Waals surface area contributed by atoms with Crippen LogP contribution in [0.3, 0.4) is 0 Å². The molecule has 1 heterocycles. The fourth-order valence-electron chi connectivity index (χ4n) is 2.65. The van der Waals surface area contributed by atoms with Gasteiger partial charge in [0.05, 0.1) is 12.2 Å². The van der Waals surface area contributed by atoms with Crippen molar-refractivity contribution in [2.24, 2.45) is 11.8 Å². The van der Waals surface area contributed by atoms with Gasteiger partial charge < -0.3 is 4.90 Å². The quantitative estimate of drug-likeness (QED) is 0.696. The number of amides is 1. The molecule has 4 heteroatoms. The predicted octanol–water partition coefficient (Wildman–Crippen LogP) is 2.96. The standard InChI is InChI=1S/C15H30N2OS/c1-11(2)13-15(18)17(14(16-13)12(3)4)9-7-6-8-10-19-5/h11-14,16H,6-10H2,1-5H3. The maximum Gasteiger partial charge on any atom is 0.241 e. The highest BCUT2D eigenvalue weighted by molar-refractivity contribution is 7.98. The molecule has 0 aliphatic carbocycles. The Kier molecular flexibility index (Phi) is 7.22. The third-order valence-electron chi connectivity index (χ3n) is 3.78. The maximum absolute atomic E-state index is 12.4. The van der Waals surface area contributed by atoms with Gasteiger partial charge in [-0.05, 0) is 36.7 Å². The van der Waals surface area contributed by atoms with Crippen LogP contribution in [0.15, 0.2) is 0 Å². The van der Waals surface area contributed by atoms with E-state index in [9.17, 15) is 4.79 Å². The molecule has 1 aliphatic rings. The van der Waals surface area contributed by atoms with E-state index in [0.29, 0.717) is 17.7 Å². The number of hydrogen-bond donors (Lipinski definition) is 1. The van der Waals surface area contributed by atoms with Crippen LogP contribution in [0.2, 0.25) is 0 Å². The molecular weight excluding hydrogens is 256 g/mol. The third-order valence-corrected chi connectivity index (χ3v) is 4.48. The Morgan fingerprint density at radius 2 is 1.84 bits per heavy atom. The monoisotopic (exact) mass is 286 g/mol. The molecule has 0 bridgehead atoms. The highest BCUT2D eigenvalue weighted by Crippen LogP contribution is 2.22. The molecular formula is C15H30N2OS. The van der Waals surface area contributed by atoms with Crippen LogP contribution >= 0.6 is 11.8 Å². The highest BCUT2D eigenvalue weighted by atomic mass is 32.2. The average molecular weight is 286 g/mol. The van der Waals surface area contributed by atoms with Crippen molar-refractivity contribution in [1.29, 1.82) is 0 Å². The Hall–Kier alpha value is -0.220. The van der Waals surface area contributed by atoms with Crippen LogP contribution in [0.1, 0.15) is 47.0 Å². The van der Waals surface area contributed by atoms with Gasteiger partial charge in [-0.15, -0.1) is 0 Å². The lowest BCUT2D eigenvalue weighted by molar-refractivity contribution is -0.131. The fourth-order valence-corrected chi connectivity index (χ4v) is 3.14. The molecule has 1 fully saturated rings. The smallest absolute Gasteiger partial charge is 0.241 e. The van der Waals surface area contributed by atoms with Crippen molar-refractivity contribution in [3.05, 3.63) is 0 Å². The molecule has 0 aromatic rings. The van der Waals surface area contributed by atoms with E-state index in [0.717, 1.165) is 13.0 Å². The molecule has 19 heavy (non-hydrogen) atoms. The van der Waals surface area contributed by atoms with Crippen LogP contribution in [0, 0.1) is 11.8 Å². The highest BCUT2D eigenvalue weighted by Gasteiger charge is 2.40. The lowest BCUT2D eigenvalue weighted by atomic mass is 10.0. The van der Waals surface area contributed by atoms with E-state index >= 15 is 0 Å². The molecule has 0 aromatic heterocycles. The lowest BCUT2D eigenvalue weighted by Crippen LogP contribution is -2.42. The SMILES string of the molecule is CSCCCCCN1C(=O)C(C(C)C)NC1C(C)C. The van der Waals surface area contributed by atoms with E-state index in [1.165, 1.54) is 18.6 Å². The van der Waals surface area contributed by atoms with Crippen molar-refractivity contribution < 1.29 is 4.79 Å². The molecule has 1 N–H and O–H groups in total. The van der Waals surface area contributed by atoms with E-state index in [2.05, 4.69) is 44.2 Å². The second-order valence-electron chi connectivity index (χ2n) is 6.16. The average Bonchev–Trinajstić information content (AvgIpc) is 2.67. The van der Waals surface area contributed by atoms with Crippen molar-refractivity contribution in [3.63, 3.8) is 0 Å². The van der Waals surface area contributed by atoms with E-state index in [-0.39, 0.29) is 12.2 Å². The molecule has 3 nitrogen and oxygen atoms in total. The summed E-state index contributed by atoms with van der Waals surface area (Å²) in [6, 6.07) is 0.0126. The van der Waals surface area contributed by atoms with Crippen LogP contribution in [0.25, 0.3) is 0 Å². The van der Waals surface area contributed by atoms with Gasteiger partial charge >= 0.3 is 0 Å². The van der Waals surface area contributed by atoms with Gasteiger partial charge in [-0.25, -0.2) is 0 Å². The molecule has 0 radical (unpaired) electrons. The maximum atomic E-state index is 12.4. The summed E-state index contributed by atoms with van der Waals surface area (Å²) in [5, 5.41) is 3.51. The van der Waals surface area contributed by atoms with Crippen LogP contribution in [0.4, 0.5) is 0 Å². The Morgan fingerprint density at radius 1 is 1.16 bits per heavy atom. The van der Waals surface area contributed by atoms with Crippen LogP contribution in [-0.4, -0.2) is 41.6 Å². The van der Waals surface area contributed by atoms with E-state index in [1.54, 1.807) is 0 Å². The van der Waals surface area contributed by atoms with Gasteiger partial charge in [0.25, 0.3) is 0 Å². The van der Waals surface area contributed by atoms with Gasteiger partial charge in [-0.3, -0.25) is 10.1 Å². The molecule has 112 valence electrons. The van der Waals surface area contributed by atoms with E-state index < -0.39 is 0 Å². The summed E-state index contributed by atoms with van der Waals surface area (Å²) in [5.74, 6) is 2.38. The zero-order valence-electron chi connectivity index (χ0n) is 13.1. The van der Waals surface area contributed by atoms with Gasteiger partial charge in [-0.1, -0.05) is 34.1 Å². The Bertz CT molecular complexity index is 281. The summed E-state index contributed by atoms with van der Waals surface area (Å²) < 4.78 is 0. The van der Waals surface area contributed by atoms with Gasteiger partial charge in [0.2, 0.25) is 5.91 Å².